The zero-order valence-corrected chi connectivity index (χ0v) is 13.9. The van der Waals surface area contributed by atoms with Gasteiger partial charge in [0, 0.05) is 56.4 Å². The highest BCUT2D eigenvalue weighted by Crippen LogP contribution is 2.26. The van der Waals surface area contributed by atoms with E-state index in [4.69, 9.17) is 0 Å². The first-order chi connectivity index (χ1) is 11.1. The monoisotopic (exact) mass is 315 g/mol. The molecule has 1 aromatic carbocycles. The molecule has 124 valence electrons. The molecule has 1 aromatic heterocycles. The molecule has 0 saturated carbocycles. The van der Waals surface area contributed by atoms with E-state index in [2.05, 4.69) is 27.9 Å². The van der Waals surface area contributed by atoms with Crippen LogP contribution in [0.5, 0.6) is 0 Å². The maximum absolute atomic E-state index is 11.4. The smallest absolute Gasteiger partial charge is 0.336 e. The van der Waals surface area contributed by atoms with Gasteiger partial charge in [-0.3, -0.25) is 0 Å². The number of hydrogen-bond acceptors (Lipinski definition) is 3. The summed E-state index contributed by atoms with van der Waals surface area (Å²) in [5.41, 5.74) is 3.59. The summed E-state index contributed by atoms with van der Waals surface area (Å²) in [6.07, 6.45) is 3.20. The number of carboxylic acids is 1. The lowest BCUT2D eigenvalue weighted by molar-refractivity contribution is 0.0696. The van der Waals surface area contributed by atoms with Gasteiger partial charge >= 0.3 is 5.97 Å². The minimum atomic E-state index is -0.851. The Balaban J connectivity index is 1.90. The third-order valence-electron chi connectivity index (χ3n) is 4.79. The van der Waals surface area contributed by atoms with Crippen LogP contribution in [0, 0.1) is 6.92 Å². The van der Waals surface area contributed by atoms with Crippen LogP contribution in [0.4, 0.5) is 0 Å². The van der Waals surface area contributed by atoms with E-state index in [1.165, 1.54) is 10.9 Å². The average molecular weight is 315 g/mol. The Bertz CT molecular complexity index is 715. The lowest BCUT2D eigenvalue weighted by Crippen LogP contribution is -2.44. The van der Waals surface area contributed by atoms with Crippen molar-refractivity contribution in [1.82, 2.24) is 14.8 Å². The molecule has 5 heteroatoms. The molecule has 2 heterocycles. The van der Waals surface area contributed by atoms with Crippen molar-refractivity contribution in [1.29, 1.82) is 0 Å². The maximum atomic E-state index is 11.4. The maximum Gasteiger partial charge on any atom is 0.336 e. The summed E-state index contributed by atoms with van der Waals surface area (Å²) in [5.74, 6) is -0.851. The fraction of sp³-hybridized carbons (Fsp3) is 0.500. The third-order valence-corrected chi connectivity index (χ3v) is 4.79. The van der Waals surface area contributed by atoms with E-state index in [1.807, 2.05) is 19.1 Å². The van der Waals surface area contributed by atoms with Gasteiger partial charge in [0.05, 0.1) is 5.56 Å². The van der Waals surface area contributed by atoms with E-state index in [1.54, 1.807) is 0 Å². The first-order valence-corrected chi connectivity index (χ1v) is 8.39. The molecule has 5 nitrogen and oxygen atoms in total. The highest BCUT2D eigenvalue weighted by Gasteiger charge is 2.15. The van der Waals surface area contributed by atoms with Crippen molar-refractivity contribution in [3.8, 4) is 0 Å². The van der Waals surface area contributed by atoms with Crippen molar-refractivity contribution in [3.63, 3.8) is 0 Å². The molecule has 1 aliphatic rings. The summed E-state index contributed by atoms with van der Waals surface area (Å²) in [4.78, 5) is 13.9. The second kappa shape index (κ2) is 6.72. The molecule has 0 atom stereocenters. The minimum absolute atomic E-state index is 0.402. The highest BCUT2D eigenvalue weighted by molar-refractivity contribution is 5.96. The fourth-order valence-electron chi connectivity index (χ4n) is 3.42. The van der Waals surface area contributed by atoms with Gasteiger partial charge in [-0.15, -0.1) is 0 Å². The molecule has 0 unspecified atom stereocenters. The normalized spacial score (nSPS) is 16.1. The number of nitrogens with zero attached hydrogens (tertiary/aromatic N) is 2. The second-order valence-corrected chi connectivity index (χ2v) is 6.27. The number of fused-ring (bicyclic) bond motifs is 1. The number of benzene rings is 1. The van der Waals surface area contributed by atoms with Crippen molar-refractivity contribution >= 4 is 16.9 Å². The van der Waals surface area contributed by atoms with Crippen LogP contribution in [0.25, 0.3) is 10.9 Å². The minimum Gasteiger partial charge on any atom is -0.478 e. The summed E-state index contributed by atoms with van der Waals surface area (Å²) in [5, 5.41) is 13.9. The predicted octanol–water partition coefficient (Wildman–Crippen LogP) is 2.12. The first-order valence-electron chi connectivity index (χ1n) is 8.39. The number of piperazine rings is 1. The van der Waals surface area contributed by atoms with Gasteiger partial charge in [-0.05, 0) is 43.5 Å². The van der Waals surface area contributed by atoms with Crippen molar-refractivity contribution in [2.75, 3.05) is 32.7 Å². The summed E-state index contributed by atoms with van der Waals surface area (Å²) >= 11 is 0. The van der Waals surface area contributed by atoms with Crippen molar-refractivity contribution in [2.45, 2.75) is 26.8 Å². The molecule has 0 spiro atoms. The molecule has 0 radical (unpaired) electrons. The van der Waals surface area contributed by atoms with Crippen molar-refractivity contribution in [2.24, 2.45) is 0 Å². The van der Waals surface area contributed by atoms with Gasteiger partial charge in [-0.1, -0.05) is 0 Å². The van der Waals surface area contributed by atoms with E-state index < -0.39 is 5.97 Å². The second-order valence-electron chi connectivity index (χ2n) is 6.27. The molecular formula is C18H25N3O2. The van der Waals surface area contributed by atoms with Crippen molar-refractivity contribution < 1.29 is 9.90 Å². The van der Waals surface area contributed by atoms with Crippen LogP contribution in [-0.2, 0) is 13.0 Å². The number of carbonyl (C=O) groups is 1. The number of aryl methyl sites for hydroxylation is 2. The molecular weight excluding hydrogens is 290 g/mol. The molecule has 1 saturated heterocycles. The quantitative estimate of drug-likeness (QED) is 0.887. The summed E-state index contributed by atoms with van der Waals surface area (Å²) in [6.45, 7) is 10.2. The number of carboxylic acid groups (broad SMARTS) is 1. The van der Waals surface area contributed by atoms with Gasteiger partial charge in [0.2, 0.25) is 0 Å². The van der Waals surface area contributed by atoms with E-state index in [0.29, 0.717) is 5.56 Å². The molecule has 1 aliphatic heterocycles. The zero-order chi connectivity index (χ0) is 16.4. The van der Waals surface area contributed by atoms with E-state index in [0.717, 1.165) is 56.8 Å². The predicted molar refractivity (Wildman–Crippen MR) is 92.3 cm³/mol. The molecule has 1 fully saturated rings. The Hall–Kier alpha value is -1.85. The number of rotatable bonds is 5. The zero-order valence-electron chi connectivity index (χ0n) is 13.9. The Morgan fingerprint density at radius 2 is 2.04 bits per heavy atom. The lowest BCUT2D eigenvalue weighted by Gasteiger charge is -2.26. The van der Waals surface area contributed by atoms with E-state index in [-0.39, 0.29) is 0 Å². The SMILES string of the molecule is CCn1cc(CCN2CCNCC2)c2cc(C)c(C(=O)O)cc21. The van der Waals surface area contributed by atoms with Crippen molar-refractivity contribution in [3.05, 3.63) is 35.0 Å². The van der Waals surface area contributed by atoms with Gasteiger partial charge in [0.15, 0.2) is 0 Å². The molecule has 2 N–H and O–H groups in total. The van der Waals surface area contributed by atoms with Crippen LogP contribution < -0.4 is 5.32 Å². The van der Waals surface area contributed by atoms with Gasteiger partial charge < -0.3 is 19.9 Å². The van der Waals surface area contributed by atoms with E-state index >= 15 is 0 Å². The summed E-state index contributed by atoms with van der Waals surface area (Å²) < 4.78 is 2.16. The largest absolute Gasteiger partial charge is 0.478 e. The van der Waals surface area contributed by atoms with Gasteiger partial charge in [-0.25, -0.2) is 4.79 Å². The van der Waals surface area contributed by atoms with Crippen LogP contribution >= 0.6 is 0 Å². The van der Waals surface area contributed by atoms with Crippen LogP contribution in [0.15, 0.2) is 18.3 Å². The molecule has 3 rings (SSSR count). The number of aromatic carboxylic acids is 1. The molecule has 23 heavy (non-hydrogen) atoms. The third kappa shape index (κ3) is 3.26. The standard InChI is InChI=1S/C18H25N3O2/c1-3-21-12-14(4-7-20-8-5-19-6-9-20)16-10-13(2)15(18(22)23)11-17(16)21/h10-12,19H,3-9H2,1-2H3,(H,22,23). The number of aromatic nitrogens is 1. The van der Waals surface area contributed by atoms with Crippen LogP contribution in [0.3, 0.4) is 0 Å². The van der Waals surface area contributed by atoms with E-state index in [9.17, 15) is 9.90 Å². The molecule has 2 aromatic rings. The van der Waals surface area contributed by atoms with Crippen LogP contribution in [0.2, 0.25) is 0 Å². The molecule has 0 amide bonds. The Labute approximate surface area is 136 Å². The van der Waals surface area contributed by atoms with Gasteiger partial charge in [0.25, 0.3) is 0 Å². The topological polar surface area (TPSA) is 57.5 Å². The highest BCUT2D eigenvalue weighted by atomic mass is 16.4. The molecule has 0 aliphatic carbocycles. The van der Waals surface area contributed by atoms with Gasteiger partial charge in [-0.2, -0.15) is 0 Å². The molecule has 0 bridgehead atoms. The Kier molecular flexibility index (Phi) is 4.68. The Morgan fingerprint density at radius 1 is 1.30 bits per heavy atom. The fourth-order valence-corrected chi connectivity index (χ4v) is 3.42. The van der Waals surface area contributed by atoms with Crippen LogP contribution in [-0.4, -0.2) is 53.3 Å². The van der Waals surface area contributed by atoms with Crippen LogP contribution in [0.1, 0.15) is 28.4 Å². The Morgan fingerprint density at radius 3 is 2.70 bits per heavy atom. The van der Waals surface area contributed by atoms with Gasteiger partial charge in [0.1, 0.15) is 0 Å². The summed E-state index contributed by atoms with van der Waals surface area (Å²) in [6, 6.07) is 3.86. The average Bonchev–Trinajstić information content (AvgIpc) is 2.90. The number of hydrogen-bond donors (Lipinski definition) is 2. The number of nitrogens with one attached hydrogen (secondary N) is 1. The first kappa shape index (κ1) is 16.0. The summed E-state index contributed by atoms with van der Waals surface area (Å²) in [7, 11) is 0. The lowest BCUT2D eigenvalue weighted by atomic mass is 10.0.